The molecule has 1 aromatic rings. The molecule has 1 fully saturated rings. The Morgan fingerprint density at radius 1 is 1.30 bits per heavy atom. The van der Waals surface area contributed by atoms with Crippen LogP contribution in [-0.2, 0) is 4.74 Å². The lowest BCUT2D eigenvalue weighted by Crippen LogP contribution is -2.52. The molecule has 23 heavy (non-hydrogen) atoms. The van der Waals surface area contributed by atoms with E-state index in [0.717, 1.165) is 32.0 Å². The molecule has 1 aliphatic rings. The molecular formula is C17H28N4O2. The number of carbonyl (C=O) groups excluding carboxylic acids is 1. The first-order chi connectivity index (χ1) is 11.1. The normalized spacial score (nSPS) is 18.4. The molecule has 128 valence electrons. The van der Waals surface area contributed by atoms with E-state index in [2.05, 4.69) is 34.4 Å². The van der Waals surface area contributed by atoms with Crippen LogP contribution in [0, 0.1) is 5.92 Å². The van der Waals surface area contributed by atoms with Gasteiger partial charge in [0.15, 0.2) is 0 Å². The van der Waals surface area contributed by atoms with E-state index in [-0.39, 0.29) is 12.1 Å². The predicted molar refractivity (Wildman–Crippen MR) is 90.2 cm³/mol. The van der Waals surface area contributed by atoms with Crippen molar-refractivity contribution in [2.75, 3.05) is 32.8 Å². The number of pyridine rings is 1. The molecule has 2 heterocycles. The molecule has 2 amide bonds. The van der Waals surface area contributed by atoms with Crippen molar-refractivity contribution in [2.45, 2.75) is 32.9 Å². The van der Waals surface area contributed by atoms with Gasteiger partial charge in [0, 0.05) is 31.9 Å². The highest BCUT2D eigenvalue weighted by molar-refractivity contribution is 5.74. The molecule has 6 heteroatoms. The molecule has 1 aliphatic heterocycles. The summed E-state index contributed by atoms with van der Waals surface area (Å²) in [6.45, 7) is 10.3. The largest absolute Gasteiger partial charge is 0.379 e. The zero-order valence-electron chi connectivity index (χ0n) is 14.3. The molecule has 0 saturated carbocycles. The van der Waals surface area contributed by atoms with Gasteiger partial charge in [-0.05, 0) is 25.0 Å². The predicted octanol–water partition coefficient (Wildman–Crippen LogP) is 1.80. The van der Waals surface area contributed by atoms with E-state index in [1.807, 2.05) is 25.1 Å². The van der Waals surface area contributed by atoms with E-state index >= 15 is 0 Å². The van der Waals surface area contributed by atoms with Crippen LogP contribution in [0.25, 0.3) is 0 Å². The van der Waals surface area contributed by atoms with E-state index in [1.54, 1.807) is 6.20 Å². The Hall–Kier alpha value is -1.66. The van der Waals surface area contributed by atoms with Gasteiger partial charge in [-0.1, -0.05) is 19.9 Å². The summed E-state index contributed by atoms with van der Waals surface area (Å²) < 4.78 is 5.41. The topological polar surface area (TPSA) is 66.5 Å². The van der Waals surface area contributed by atoms with Crippen LogP contribution in [0.15, 0.2) is 24.4 Å². The number of amides is 2. The van der Waals surface area contributed by atoms with Crippen molar-refractivity contribution in [2.24, 2.45) is 5.92 Å². The Labute approximate surface area is 138 Å². The van der Waals surface area contributed by atoms with Crippen LogP contribution in [0.5, 0.6) is 0 Å². The molecule has 0 spiro atoms. The van der Waals surface area contributed by atoms with Crippen molar-refractivity contribution in [1.29, 1.82) is 0 Å². The zero-order valence-corrected chi connectivity index (χ0v) is 14.3. The Morgan fingerprint density at radius 2 is 2.04 bits per heavy atom. The van der Waals surface area contributed by atoms with Crippen molar-refractivity contribution in [3.63, 3.8) is 0 Å². The molecule has 0 unspecified atom stereocenters. The maximum Gasteiger partial charge on any atom is 0.315 e. The van der Waals surface area contributed by atoms with E-state index < -0.39 is 0 Å². The molecular weight excluding hydrogens is 292 g/mol. The second-order valence-electron chi connectivity index (χ2n) is 6.29. The summed E-state index contributed by atoms with van der Waals surface area (Å²) in [7, 11) is 0. The van der Waals surface area contributed by atoms with E-state index in [0.29, 0.717) is 18.5 Å². The van der Waals surface area contributed by atoms with Gasteiger partial charge in [-0.3, -0.25) is 9.88 Å². The fourth-order valence-electron chi connectivity index (χ4n) is 2.85. The summed E-state index contributed by atoms with van der Waals surface area (Å²) in [4.78, 5) is 18.8. The minimum atomic E-state index is -0.151. The first kappa shape index (κ1) is 17.7. The third-order valence-corrected chi connectivity index (χ3v) is 4.24. The number of ether oxygens (including phenoxy) is 1. The van der Waals surface area contributed by atoms with Gasteiger partial charge in [-0.25, -0.2) is 4.79 Å². The number of nitrogens with one attached hydrogen (secondary N) is 2. The van der Waals surface area contributed by atoms with E-state index in [4.69, 9.17) is 4.74 Å². The molecule has 1 aromatic heterocycles. The van der Waals surface area contributed by atoms with Gasteiger partial charge in [0.25, 0.3) is 0 Å². The van der Waals surface area contributed by atoms with Crippen LogP contribution in [0.1, 0.15) is 32.5 Å². The van der Waals surface area contributed by atoms with Crippen LogP contribution in [0.3, 0.4) is 0 Å². The highest BCUT2D eigenvalue weighted by atomic mass is 16.5. The van der Waals surface area contributed by atoms with Gasteiger partial charge in [-0.15, -0.1) is 0 Å². The van der Waals surface area contributed by atoms with Crippen LogP contribution >= 0.6 is 0 Å². The minimum absolute atomic E-state index is 0.114. The van der Waals surface area contributed by atoms with Crippen molar-refractivity contribution in [3.05, 3.63) is 30.1 Å². The number of rotatable bonds is 6. The average molecular weight is 320 g/mol. The maximum atomic E-state index is 12.1. The third kappa shape index (κ3) is 5.48. The fraction of sp³-hybridized carbons (Fsp3) is 0.647. The van der Waals surface area contributed by atoms with Gasteiger partial charge < -0.3 is 15.4 Å². The van der Waals surface area contributed by atoms with Crippen molar-refractivity contribution in [1.82, 2.24) is 20.5 Å². The van der Waals surface area contributed by atoms with Gasteiger partial charge in [0.1, 0.15) is 0 Å². The maximum absolute atomic E-state index is 12.1. The molecule has 2 atom stereocenters. The number of morpholine rings is 1. The lowest BCUT2D eigenvalue weighted by Gasteiger charge is -2.37. The highest BCUT2D eigenvalue weighted by Crippen LogP contribution is 2.12. The highest BCUT2D eigenvalue weighted by Gasteiger charge is 2.24. The lowest BCUT2D eigenvalue weighted by molar-refractivity contribution is 0.00718. The lowest BCUT2D eigenvalue weighted by atomic mass is 10.0. The van der Waals surface area contributed by atoms with Gasteiger partial charge in [-0.2, -0.15) is 0 Å². The molecule has 1 saturated heterocycles. The number of nitrogens with zero attached hydrogens (tertiary/aromatic N) is 2. The van der Waals surface area contributed by atoms with Crippen molar-refractivity contribution >= 4 is 6.03 Å². The SMILES string of the molecule is CC(C)[C@H](CNC(=O)N[C@H](C)c1ccccn1)N1CCOCC1. The smallest absolute Gasteiger partial charge is 0.315 e. The molecule has 2 rings (SSSR count). The third-order valence-electron chi connectivity index (χ3n) is 4.24. The number of urea groups is 1. The number of carbonyl (C=O) groups is 1. The number of hydrogen-bond acceptors (Lipinski definition) is 4. The summed E-state index contributed by atoms with van der Waals surface area (Å²) in [6, 6.07) is 5.77. The summed E-state index contributed by atoms with van der Waals surface area (Å²) in [6.07, 6.45) is 1.73. The molecule has 2 N–H and O–H groups in total. The molecule has 6 nitrogen and oxygen atoms in total. The Bertz CT molecular complexity index is 475. The standard InChI is InChI=1S/C17H28N4O2/c1-13(2)16(21-8-10-23-11-9-21)12-19-17(22)20-14(3)15-6-4-5-7-18-15/h4-7,13-14,16H,8-12H2,1-3H3,(H2,19,20,22)/t14-,16+/m1/s1. The van der Waals surface area contributed by atoms with Crippen molar-refractivity contribution < 1.29 is 9.53 Å². The average Bonchev–Trinajstić information content (AvgIpc) is 2.56. The minimum Gasteiger partial charge on any atom is -0.379 e. The van der Waals surface area contributed by atoms with E-state index in [9.17, 15) is 4.79 Å². The van der Waals surface area contributed by atoms with Gasteiger partial charge in [0.2, 0.25) is 0 Å². The monoisotopic (exact) mass is 320 g/mol. The summed E-state index contributed by atoms with van der Waals surface area (Å²) in [5, 5.41) is 5.94. The van der Waals surface area contributed by atoms with Gasteiger partial charge in [0.05, 0.1) is 24.9 Å². The molecule has 0 radical (unpaired) electrons. The second kappa shape index (κ2) is 8.84. The van der Waals surface area contributed by atoms with E-state index in [1.165, 1.54) is 0 Å². The fourth-order valence-corrected chi connectivity index (χ4v) is 2.85. The Kier molecular flexibility index (Phi) is 6.80. The number of hydrogen-bond donors (Lipinski definition) is 2. The summed E-state index contributed by atoms with van der Waals surface area (Å²) in [5.41, 5.74) is 0.858. The Balaban J connectivity index is 1.81. The zero-order chi connectivity index (χ0) is 16.7. The Morgan fingerprint density at radius 3 is 2.65 bits per heavy atom. The van der Waals surface area contributed by atoms with Crippen LogP contribution in [0.4, 0.5) is 4.79 Å². The first-order valence-electron chi connectivity index (χ1n) is 8.35. The van der Waals surface area contributed by atoms with Crippen LogP contribution in [0.2, 0.25) is 0 Å². The number of aromatic nitrogens is 1. The first-order valence-corrected chi connectivity index (χ1v) is 8.35. The summed E-state index contributed by atoms with van der Waals surface area (Å²) in [5.74, 6) is 0.474. The van der Waals surface area contributed by atoms with Crippen LogP contribution < -0.4 is 10.6 Å². The molecule has 0 aliphatic carbocycles. The van der Waals surface area contributed by atoms with Crippen molar-refractivity contribution in [3.8, 4) is 0 Å². The van der Waals surface area contributed by atoms with Gasteiger partial charge >= 0.3 is 6.03 Å². The quantitative estimate of drug-likeness (QED) is 0.839. The molecule has 0 aromatic carbocycles. The summed E-state index contributed by atoms with van der Waals surface area (Å²) >= 11 is 0. The second-order valence-corrected chi connectivity index (χ2v) is 6.29. The van der Waals surface area contributed by atoms with Crippen LogP contribution in [-0.4, -0.2) is 54.8 Å². The molecule has 0 bridgehead atoms.